The van der Waals surface area contributed by atoms with E-state index in [1.165, 1.54) is 19.6 Å². The SMILES string of the molecule is COc1cc(/C=N/n2c(-c3ccc(C(C)(C)C)cc3)n[nH]c2=S)ccc1OC(C)=O. The average molecular weight is 425 g/mol. The Labute approximate surface area is 180 Å². The van der Waals surface area contributed by atoms with Crippen LogP contribution in [-0.2, 0) is 10.2 Å². The molecule has 1 aromatic heterocycles. The normalized spacial score (nSPS) is 11.6. The van der Waals surface area contributed by atoms with Gasteiger partial charge in [0.25, 0.3) is 0 Å². The van der Waals surface area contributed by atoms with E-state index in [9.17, 15) is 4.79 Å². The summed E-state index contributed by atoms with van der Waals surface area (Å²) in [6, 6.07) is 13.3. The number of hydrogen-bond acceptors (Lipinski definition) is 6. The Hall–Kier alpha value is -3.26. The highest BCUT2D eigenvalue weighted by atomic mass is 32.1. The maximum Gasteiger partial charge on any atom is 0.308 e. The first-order valence-corrected chi connectivity index (χ1v) is 9.79. The van der Waals surface area contributed by atoms with Crippen molar-refractivity contribution in [2.24, 2.45) is 5.10 Å². The number of H-pyrrole nitrogens is 1. The van der Waals surface area contributed by atoms with Crippen LogP contribution < -0.4 is 9.47 Å². The second-order valence-electron chi connectivity index (χ2n) is 7.74. The summed E-state index contributed by atoms with van der Waals surface area (Å²) in [5, 5.41) is 11.6. The topological polar surface area (TPSA) is 81.5 Å². The van der Waals surface area contributed by atoms with E-state index in [2.05, 4.69) is 48.2 Å². The van der Waals surface area contributed by atoms with Crippen LogP contribution in [0.15, 0.2) is 47.6 Å². The van der Waals surface area contributed by atoms with Crippen molar-refractivity contribution in [3.05, 3.63) is 58.4 Å². The van der Waals surface area contributed by atoms with Crippen LogP contribution in [0.2, 0.25) is 0 Å². The minimum Gasteiger partial charge on any atom is -0.493 e. The molecule has 8 heteroatoms. The molecule has 2 aromatic carbocycles. The van der Waals surface area contributed by atoms with Crippen LogP contribution in [0.4, 0.5) is 0 Å². The fourth-order valence-electron chi connectivity index (χ4n) is 2.83. The molecule has 1 N–H and O–H groups in total. The summed E-state index contributed by atoms with van der Waals surface area (Å²) in [5.41, 5.74) is 2.95. The molecule has 0 radical (unpaired) electrons. The van der Waals surface area contributed by atoms with Gasteiger partial charge in [-0.05, 0) is 47.0 Å². The van der Waals surface area contributed by atoms with Crippen LogP contribution in [-0.4, -0.2) is 34.2 Å². The second kappa shape index (κ2) is 8.62. The molecule has 0 aliphatic carbocycles. The van der Waals surface area contributed by atoms with Gasteiger partial charge in [0.1, 0.15) is 0 Å². The maximum absolute atomic E-state index is 11.2. The monoisotopic (exact) mass is 424 g/mol. The highest BCUT2D eigenvalue weighted by Crippen LogP contribution is 2.28. The number of benzene rings is 2. The lowest BCUT2D eigenvalue weighted by Gasteiger charge is -2.18. The molecule has 156 valence electrons. The minimum atomic E-state index is -0.415. The summed E-state index contributed by atoms with van der Waals surface area (Å²) < 4.78 is 12.4. The van der Waals surface area contributed by atoms with Gasteiger partial charge in [-0.15, -0.1) is 0 Å². The highest BCUT2D eigenvalue weighted by Gasteiger charge is 2.15. The van der Waals surface area contributed by atoms with E-state index < -0.39 is 5.97 Å². The Bertz CT molecular complexity index is 1140. The molecule has 30 heavy (non-hydrogen) atoms. The lowest BCUT2D eigenvalue weighted by atomic mass is 9.87. The third-order valence-corrected chi connectivity index (χ3v) is 4.69. The number of nitrogens with one attached hydrogen (secondary N) is 1. The number of carbonyl (C=O) groups is 1. The maximum atomic E-state index is 11.2. The van der Waals surface area contributed by atoms with E-state index in [4.69, 9.17) is 21.7 Å². The quantitative estimate of drug-likeness (QED) is 0.277. The van der Waals surface area contributed by atoms with Crippen molar-refractivity contribution in [1.82, 2.24) is 14.9 Å². The molecule has 7 nitrogen and oxygen atoms in total. The lowest BCUT2D eigenvalue weighted by molar-refractivity contribution is -0.132. The van der Waals surface area contributed by atoms with Crippen molar-refractivity contribution in [2.75, 3.05) is 7.11 Å². The summed E-state index contributed by atoms with van der Waals surface area (Å²) >= 11 is 5.34. The molecule has 0 saturated carbocycles. The molecular weight excluding hydrogens is 400 g/mol. The molecule has 1 heterocycles. The molecule has 0 spiro atoms. The number of aromatic nitrogens is 3. The lowest BCUT2D eigenvalue weighted by Crippen LogP contribution is -2.10. The Balaban J connectivity index is 1.91. The average Bonchev–Trinajstić information content (AvgIpc) is 3.06. The molecule has 3 rings (SSSR count). The summed E-state index contributed by atoms with van der Waals surface area (Å²) in [4.78, 5) is 11.2. The van der Waals surface area contributed by atoms with Crippen LogP contribution in [0.25, 0.3) is 11.4 Å². The molecule has 0 saturated heterocycles. The van der Waals surface area contributed by atoms with E-state index >= 15 is 0 Å². The predicted octanol–water partition coefficient (Wildman–Crippen LogP) is 4.72. The Morgan fingerprint density at radius 1 is 1.17 bits per heavy atom. The van der Waals surface area contributed by atoms with Gasteiger partial charge >= 0.3 is 5.97 Å². The zero-order chi connectivity index (χ0) is 21.9. The van der Waals surface area contributed by atoms with Gasteiger partial charge in [-0.1, -0.05) is 45.0 Å². The smallest absolute Gasteiger partial charge is 0.308 e. The second-order valence-corrected chi connectivity index (χ2v) is 8.13. The first kappa shape index (κ1) is 21.4. The molecule has 0 fully saturated rings. The fraction of sp³-hybridized carbons (Fsp3) is 0.273. The molecule has 3 aromatic rings. The zero-order valence-corrected chi connectivity index (χ0v) is 18.4. The first-order chi connectivity index (χ1) is 14.2. The molecular formula is C22H24N4O3S. The fourth-order valence-corrected chi connectivity index (χ4v) is 3.01. The van der Waals surface area contributed by atoms with Crippen molar-refractivity contribution in [3.8, 4) is 22.9 Å². The minimum absolute atomic E-state index is 0.0682. The highest BCUT2D eigenvalue weighted by molar-refractivity contribution is 7.71. The number of ether oxygens (including phenoxy) is 2. The van der Waals surface area contributed by atoms with E-state index in [0.717, 1.165) is 11.1 Å². The van der Waals surface area contributed by atoms with Gasteiger partial charge in [0, 0.05) is 12.5 Å². The van der Waals surface area contributed by atoms with Crippen molar-refractivity contribution in [1.29, 1.82) is 0 Å². The zero-order valence-electron chi connectivity index (χ0n) is 17.6. The van der Waals surface area contributed by atoms with Crippen molar-refractivity contribution in [2.45, 2.75) is 33.1 Å². The number of carbonyl (C=O) groups excluding carboxylic acids is 1. The van der Waals surface area contributed by atoms with Gasteiger partial charge in [0.15, 0.2) is 17.3 Å². The summed E-state index contributed by atoms with van der Waals surface area (Å²) in [6.07, 6.45) is 1.64. The van der Waals surface area contributed by atoms with Crippen LogP contribution in [0.3, 0.4) is 0 Å². The first-order valence-electron chi connectivity index (χ1n) is 9.38. The Kier molecular flexibility index (Phi) is 6.17. The van der Waals surface area contributed by atoms with E-state index in [0.29, 0.717) is 22.1 Å². The third-order valence-electron chi connectivity index (χ3n) is 4.42. The van der Waals surface area contributed by atoms with Crippen molar-refractivity contribution < 1.29 is 14.3 Å². The molecule has 0 aliphatic heterocycles. The van der Waals surface area contributed by atoms with Gasteiger partial charge < -0.3 is 9.47 Å². The summed E-state index contributed by atoms with van der Waals surface area (Å²) in [6.45, 7) is 7.85. The number of nitrogens with zero attached hydrogens (tertiary/aromatic N) is 3. The standard InChI is InChI=1S/C22H24N4O3S/c1-14(27)29-18-11-6-15(12-19(18)28-5)13-23-26-20(24-25-21(26)30)16-7-9-17(10-8-16)22(2,3)4/h6-13H,1-5H3,(H,25,30)/b23-13+. The molecule has 0 aliphatic rings. The number of rotatable bonds is 5. The van der Waals surface area contributed by atoms with Crippen LogP contribution in [0, 0.1) is 4.77 Å². The third kappa shape index (κ3) is 4.83. The van der Waals surface area contributed by atoms with Gasteiger partial charge in [0.05, 0.1) is 13.3 Å². The van der Waals surface area contributed by atoms with Gasteiger partial charge in [-0.2, -0.15) is 14.9 Å². The van der Waals surface area contributed by atoms with E-state index in [1.54, 1.807) is 29.1 Å². The van der Waals surface area contributed by atoms with Gasteiger partial charge in [-0.3, -0.25) is 4.79 Å². The number of hydrogen-bond donors (Lipinski definition) is 1. The van der Waals surface area contributed by atoms with E-state index in [1.807, 2.05) is 12.1 Å². The van der Waals surface area contributed by atoms with Crippen LogP contribution in [0.5, 0.6) is 11.5 Å². The number of methoxy groups -OCH3 is 1. The number of aromatic amines is 1. The molecule has 0 atom stereocenters. The molecule has 0 unspecified atom stereocenters. The molecule has 0 amide bonds. The largest absolute Gasteiger partial charge is 0.493 e. The molecule has 0 bridgehead atoms. The van der Waals surface area contributed by atoms with Gasteiger partial charge in [0.2, 0.25) is 4.77 Å². The summed E-state index contributed by atoms with van der Waals surface area (Å²) in [5.74, 6) is 0.978. The van der Waals surface area contributed by atoms with Crippen LogP contribution >= 0.6 is 12.2 Å². The van der Waals surface area contributed by atoms with E-state index in [-0.39, 0.29) is 5.41 Å². The van der Waals surface area contributed by atoms with Crippen molar-refractivity contribution >= 4 is 24.4 Å². The van der Waals surface area contributed by atoms with Gasteiger partial charge in [-0.25, -0.2) is 5.10 Å². The summed E-state index contributed by atoms with van der Waals surface area (Å²) in [7, 11) is 1.51. The number of esters is 1. The van der Waals surface area contributed by atoms with Crippen molar-refractivity contribution in [3.63, 3.8) is 0 Å². The predicted molar refractivity (Wildman–Crippen MR) is 119 cm³/mol. The Morgan fingerprint density at radius 2 is 1.87 bits per heavy atom. The Morgan fingerprint density at radius 3 is 2.47 bits per heavy atom. The van der Waals surface area contributed by atoms with Crippen LogP contribution in [0.1, 0.15) is 38.8 Å².